The predicted molar refractivity (Wildman–Crippen MR) is 80.3 cm³/mol. The maximum absolute atomic E-state index is 12.5. The van der Waals surface area contributed by atoms with Crippen LogP contribution in [0.1, 0.15) is 73.4 Å². The number of fused-ring (bicyclic) bond motifs is 1. The van der Waals surface area contributed by atoms with Crippen LogP contribution in [-0.2, 0) is 10.8 Å². The summed E-state index contributed by atoms with van der Waals surface area (Å²) in [5.74, 6) is -0.359. The monoisotopic (exact) mass is 273 g/mol. The third-order valence-corrected chi connectivity index (χ3v) is 3.86. The van der Waals surface area contributed by atoms with Crippen molar-refractivity contribution in [3.8, 4) is 0 Å². The molecule has 3 heteroatoms. The number of benzene rings is 1. The lowest BCUT2D eigenvalue weighted by Gasteiger charge is -2.26. The van der Waals surface area contributed by atoms with Crippen LogP contribution in [0.25, 0.3) is 0 Å². The van der Waals surface area contributed by atoms with E-state index in [-0.39, 0.29) is 22.6 Å². The van der Waals surface area contributed by atoms with Gasteiger partial charge in [0.1, 0.15) is 0 Å². The van der Waals surface area contributed by atoms with Gasteiger partial charge in [-0.3, -0.25) is 14.5 Å². The third kappa shape index (κ3) is 2.05. The summed E-state index contributed by atoms with van der Waals surface area (Å²) >= 11 is 0. The first-order valence-electron chi connectivity index (χ1n) is 6.96. The summed E-state index contributed by atoms with van der Waals surface area (Å²) < 4.78 is 0. The van der Waals surface area contributed by atoms with Gasteiger partial charge in [0, 0.05) is 7.05 Å². The lowest BCUT2D eigenvalue weighted by molar-refractivity contribution is 0.0691. The molecule has 0 atom stereocenters. The van der Waals surface area contributed by atoms with Crippen molar-refractivity contribution in [3.05, 3.63) is 34.4 Å². The minimum absolute atomic E-state index is 0.165. The normalized spacial score (nSPS) is 15.8. The Morgan fingerprint density at radius 1 is 0.750 bits per heavy atom. The largest absolute Gasteiger partial charge is 0.277 e. The van der Waals surface area contributed by atoms with Gasteiger partial charge in [-0.15, -0.1) is 0 Å². The van der Waals surface area contributed by atoms with Crippen LogP contribution in [0, 0.1) is 0 Å². The first-order valence-corrected chi connectivity index (χ1v) is 6.96. The van der Waals surface area contributed by atoms with E-state index in [0.717, 1.165) is 11.1 Å². The van der Waals surface area contributed by atoms with Crippen molar-refractivity contribution >= 4 is 11.8 Å². The van der Waals surface area contributed by atoms with Gasteiger partial charge in [-0.05, 0) is 22.0 Å². The summed E-state index contributed by atoms with van der Waals surface area (Å²) in [5.41, 5.74) is 2.75. The van der Waals surface area contributed by atoms with Crippen molar-refractivity contribution in [2.75, 3.05) is 7.05 Å². The zero-order chi connectivity index (χ0) is 15.5. The first kappa shape index (κ1) is 14.8. The highest BCUT2D eigenvalue weighted by molar-refractivity contribution is 6.22. The molecule has 108 valence electrons. The Morgan fingerprint density at radius 2 is 1.05 bits per heavy atom. The van der Waals surface area contributed by atoms with Gasteiger partial charge in [-0.25, -0.2) is 0 Å². The summed E-state index contributed by atoms with van der Waals surface area (Å²) in [5, 5.41) is 0. The standard InChI is InChI=1S/C17H23NO2/c1-16(2,3)10-8-9-11(17(4,5)6)13-12(10)14(19)18(7)15(13)20/h8-9H,1-7H3. The van der Waals surface area contributed by atoms with Crippen molar-refractivity contribution in [3.63, 3.8) is 0 Å². The number of carbonyl (C=O) groups is 2. The number of imide groups is 1. The van der Waals surface area contributed by atoms with E-state index in [1.807, 2.05) is 12.1 Å². The van der Waals surface area contributed by atoms with E-state index >= 15 is 0 Å². The predicted octanol–water partition coefficient (Wildman–Crippen LogP) is 3.51. The number of hydrogen-bond donors (Lipinski definition) is 0. The molecule has 1 aliphatic heterocycles. The Kier molecular flexibility index (Phi) is 3.08. The van der Waals surface area contributed by atoms with Crippen LogP contribution in [0.15, 0.2) is 12.1 Å². The summed E-state index contributed by atoms with van der Waals surface area (Å²) in [6, 6.07) is 4.01. The number of rotatable bonds is 0. The molecule has 0 aromatic heterocycles. The van der Waals surface area contributed by atoms with Gasteiger partial charge < -0.3 is 0 Å². The second kappa shape index (κ2) is 4.18. The van der Waals surface area contributed by atoms with E-state index in [2.05, 4.69) is 41.5 Å². The van der Waals surface area contributed by atoms with Gasteiger partial charge in [0.2, 0.25) is 0 Å². The molecular weight excluding hydrogens is 250 g/mol. The average molecular weight is 273 g/mol. The van der Waals surface area contributed by atoms with Crippen molar-refractivity contribution in [2.24, 2.45) is 0 Å². The SMILES string of the molecule is CN1C(=O)c2c(C(C)(C)C)ccc(C(C)(C)C)c2C1=O. The van der Waals surface area contributed by atoms with Gasteiger partial charge >= 0.3 is 0 Å². The second-order valence-corrected chi connectivity index (χ2v) is 7.58. The van der Waals surface area contributed by atoms with Crippen LogP contribution in [0.2, 0.25) is 0 Å². The smallest absolute Gasteiger partial charge is 0.261 e. The molecule has 1 heterocycles. The molecular formula is C17H23NO2. The minimum atomic E-state index is -0.180. The van der Waals surface area contributed by atoms with Crippen LogP contribution in [0.4, 0.5) is 0 Å². The molecule has 0 unspecified atom stereocenters. The fourth-order valence-corrected chi connectivity index (χ4v) is 2.72. The van der Waals surface area contributed by atoms with Gasteiger partial charge in [-0.1, -0.05) is 53.7 Å². The second-order valence-electron chi connectivity index (χ2n) is 7.58. The zero-order valence-corrected chi connectivity index (χ0v) is 13.4. The molecule has 1 aromatic rings. The van der Waals surface area contributed by atoms with Crippen LogP contribution < -0.4 is 0 Å². The van der Waals surface area contributed by atoms with Crippen LogP contribution in [0.5, 0.6) is 0 Å². The highest BCUT2D eigenvalue weighted by Gasteiger charge is 2.40. The molecule has 3 nitrogen and oxygen atoms in total. The van der Waals surface area contributed by atoms with E-state index in [4.69, 9.17) is 0 Å². The molecule has 1 aliphatic rings. The Balaban J connectivity index is 2.86. The van der Waals surface area contributed by atoms with Crippen LogP contribution in [0.3, 0.4) is 0 Å². The molecule has 0 aliphatic carbocycles. The number of carbonyl (C=O) groups excluding carboxylic acids is 2. The number of amides is 2. The van der Waals surface area contributed by atoms with Gasteiger partial charge in [0.25, 0.3) is 11.8 Å². The molecule has 2 amide bonds. The average Bonchev–Trinajstić information content (AvgIpc) is 2.51. The van der Waals surface area contributed by atoms with E-state index in [0.29, 0.717) is 11.1 Å². The summed E-state index contributed by atoms with van der Waals surface area (Å²) in [6.45, 7) is 12.4. The Hall–Kier alpha value is -1.64. The Labute approximate surface area is 121 Å². The number of hydrogen-bond acceptors (Lipinski definition) is 2. The highest BCUT2D eigenvalue weighted by Crippen LogP contribution is 2.38. The zero-order valence-electron chi connectivity index (χ0n) is 13.4. The molecule has 20 heavy (non-hydrogen) atoms. The molecule has 0 saturated carbocycles. The fourth-order valence-electron chi connectivity index (χ4n) is 2.72. The summed E-state index contributed by atoms with van der Waals surface area (Å²) in [7, 11) is 1.56. The summed E-state index contributed by atoms with van der Waals surface area (Å²) in [4.78, 5) is 26.1. The topological polar surface area (TPSA) is 37.4 Å². The number of nitrogens with zero attached hydrogens (tertiary/aromatic N) is 1. The van der Waals surface area contributed by atoms with E-state index < -0.39 is 0 Å². The van der Waals surface area contributed by atoms with Crippen molar-refractivity contribution in [1.82, 2.24) is 4.90 Å². The molecule has 0 radical (unpaired) electrons. The van der Waals surface area contributed by atoms with Gasteiger partial charge in [0.15, 0.2) is 0 Å². The summed E-state index contributed by atoms with van der Waals surface area (Å²) in [6.07, 6.45) is 0. The third-order valence-electron chi connectivity index (χ3n) is 3.86. The quantitative estimate of drug-likeness (QED) is 0.678. The first-order chi connectivity index (χ1) is 8.96. The van der Waals surface area contributed by atoms with E-state index in [1.165, 1.54) is 4.90 Å². The van der Waals surface area contributed by atoms with Crippen LogP contribution >= 0.6 is 0 Å². The molecule has 0 saturated heterocycles. The maximum atomic E-state index is 12.5. The molecule has 0 bridgehead atoms. The van der Waals surface area contributed by atoms with E-state index in [1.54, 1.807) is 7.05 Å². The van der Waals surface area contributed by atoms with Crippen molar-refractivity contribution in [2.45, 2.75) is 52.4 Å². The van der Waals surface area contributed by atoms with Gasteiger partial charge in [0.05, 0.1) is 11.1 Å². The molecule has 2 rings (SSSR count). The lowest BCUT2D eigenvalue weighted by Crippen LogP contribution is -2.25. The van der Waals surface area contributed by atoms with Crippen LogP contribution in [-0.4, -0.2) is 23.8 Å². The lowest BCUT2D eigenvalue weighted by atomic mass is 9.76. The Morgan fingerprint density at radius 3 is 1.30 bits per heavy atom. The highest BCUT2D eigenvalue weighted by atomic mass is 16.2. The maximum Gasteiger partial charge on any atom is 0.261 e. The van der Waals surface area contributed by atoms with E-state index in [9.17, 15) is 9.59 Å². The molecule has 0 spiro atoms. The Bertz CT molecular complexity index is 548. The molecule has 1 aromatic carbocycles. The molecule has 0 N–H and O–H groups in total. The van der Waals surface area contributed by atoms with Crippen molar-refractivity contribution < 1.29 is 9.59 Å². The van der Waals surface area contributed by atoms with Gasteiger partial charge in [-0.2, -0.15) is 0 Å². The molecule has 0 fully saturated rings. The fraction of sp³-hybridized carbons (Fsp3) is 0.529. The van der Waals surface area contributed by atoms with Crippen molar-refractivity contribution in [1.29, 1.82) is 0 Å². The minimum Gasteiger partial charge on any atom is -0.277 e.